The molecule has 1 aliphatic heterocycles. The fourth-order valence-electron chi connectivity index (χ4n) is 3.20. The number of carbonyl (C=O) groups is 1. The van der Waals surface area contributed by atoms with Crippen molar-refractivity contribution in [3.63, 3.8) is 0 Å². The molecule has 0 aliphatic carbocycles. The molecular weight excluding hydrogens is 332 g/mol. The van der Waals surface area contributed by atoms with Gasteiger partial charge in [-0.25, -0.2) is 10.9 Å². The molecule has 1 aromatic carbocycles. The molecule has 8 nitrogen and oxygen atoms in total. The van der Waals surface area contributed by atoms with E-state index in [1.54, 1.807) is 13.4 Å². The molecule has 0 bridgehead atoms. The van der Waals surface area contributed by atoms with Crippen LogP contribution in [0.1, 0.15) is 50.2 Å². The highest BCUT2D eigenvalue weighted by molar-refractivity contribution is 5.82. The monoisotopic (exact) mass is 358 g/mol. The van der Waals surface area contributed by atoms with Crippen molar-refractivity contribution < 1.29 is 9.53 Å². The molecule has 0 spiro atoms. The van der Waals surface area contributed by atoms with Crippen LogP contribution in [0.4, 0.5) is 0 Å². The van der Waals surface area contributed by atoms with Crippen molar-refractivity contribution in [1.82, 2.24) is 30.9 Å². The van der Waals surface area contributed by atoms with E-state index >= 15 is 0 Å². The zero-order valence-electron chi connectivity index (χ0n) is 15.4. The third-order valence-corrected chi connectivity index (χ3v) is 4.57. The van der Waals surface area contributed by atoms with Gasteiger partial charge in [-0.2, -0.15) is 0 Å². The van der Waals surface area contributed by atoms with E-state index < -0.39 is 0 Å². The van der Waals surface area contributed by atoms with Crippen molar-refractivity contribution in [3.8, 4) is 5.75 Å². The molecule has 1 amide bonds. The van der Waals surface area contributed by atoms with Crippen molar-refractivity contribution in [2.75, 3.05) is 7.11 Å². The number of nitrogens with one attached hydrogen (secondary N) is 3. The fraction of sp³-hybridized carbons (Fsp3) is 0.500. The lowest BCUT2D eigenvalue weighted by atomic mass is 10.0. The SMILES string of the molecule is CCCn1cnnc1C(C)NC(=O)C1CC(c2cccc(OC)c2)NN1. The first-order valence-corrected chi connectivity index (χ1v) is 8.95. The highest BCUT2D eigenvalue weighted by Gasteiger charge is 2.31. The van der Waals surface area contributed by atoms with Gasteiger partial charge in [-0.05, 0) is 37.5 Å². The van der Waals surface area contributed by atoms with E-state index in [9.17, 15) is 4.79 Å². The number of ether oxygens (including phenoxy) is 1. The Balaban J connectivity index is 1.59. The van der Waals surface area contributed by atoms with Crippen molar-refractivity contribution in [1.29, 1.82) is 0 Å². The molecule has 2 aromatic rings. The molecule has 1 saturated heterocycles. The van der Waals surface area contributed by atoms with Crippen LogP contribution in [-0.2, 0) is 11.3 Å². The maximum absolute atomic E-state index is 12.6. The molecule has 26 heavy (non-hydrogen) atoms. The summed E-state index contributed by atoms with van der Waals surface area (Å²) in [5.74, 6) is 1.53. The number of aromatic nitrogens is 3. The van der Waals surface area contributed by atoms with Crippen LogP contribution in [0.25, 0.3) is 0 Å². The number of methoxy groups -OCH3 is 1. The Labute approximate surface area is 153 Å². The zero-order chi connectivity index (χ0) is 18.5. The summed E-state index contributed by atoms with van der Waals surface area (Å²) >= 11 is 0. The third kappa shape index (κ3) is 4.03. The molecule has 1 fully saturated rings. The first-order chi connectivity index (χ1) is 12.6. The molecule has 1 aromatic heterocycles. The highest BCUT2D eigenvalue weighted by Crippen LogP contribution is 2.25. The number of carbonyl (C=O) groups excluding carboxylic acids is 1. The van der Waals surface area contributed by atoms with Crippen molar-refractivity contribution in [2.45, 2.75) is 51.4 Å². The van der Waals surface area contributed by atoms with Gasteiger partial charge in [0.15, 0.2) is 5.82 Å². The molecule has 3 rings (SSSR count). The number of amides is 1. The van der Waals surface area contributed by atoms with Crippen LogP contribution in [0.3, 0.4) is 0 Å². The smallest absolute Gasteiger partial charge is 0.239 e. The van der Waals surface area contributed by atoms with Gasteiger partial charge in [0.1, 0.15) is 18.1 Å². The molecule has 140 valence electrons. The van der Waals surface area contributed by atoms with Gasteiger partial charge in [0, 0.05) is 12.6 Å². The van der Waals surface area contributed by atoms with Gasteiger partial charge in [0.25, 0.3) is 0 Å². The van der Waals surface area contributed by atoms with Crippen LogP contribution < -0.4 is 20.9 Å². The molecule has 0 saturated carbocycles. The number of benzene rings is 1. The summed E-state index contributed by atoms with van der Waals surface area (Å²) in [6.07, 6.45) is 3.35. The maximum atomic E-state index is 12.6. The number of nitrogens with zero attached hydrogens (tertiary/aromatic N) is 3. The van der Waals surface area contributed by atoms with Crippen LogP contribution in [0.2, 0.25) is 0 Å². The van der Waals surface area contributed by atoms with Crippen LogP contribution in [-0.4, -0.2) is 33.8 Å². The van der Waals surface area contributed by atoms with E-state index in [1.807, 2.05) is 35.8 Å². The molecule has 8 heteroatoms. The second kappa shape index (κ2) is 8.29. The van der Waals surface area contributed by atoms with Crippen LogP contribution in [0.15, 0.2) is 30.6 Å². The molecule has 3 N–H and O–H groups in total. The molecule has 3 atom stereocenters. The number of aryl methyl sites for hydroxylation is 1. The zero-order valence-corrected chi connectivity index (χ0v) is 15.4. The van der Waals surface area contributed by atoms with Crippen molar-refractivity contribution >= 4 is 5.91 Å². The topological polar surface area (TPSA) is 93.1 Å². The van der Waals surface area contributed by atoms with Crippen LogP contribution in [0.5, 0.6) is 5.75 Å². The molecule has 3 unspecified atom stereocenters. The minimum absolute atomic E-state index is 0.0542. The summed E-state index contributed by atoms with van der Waals surface area (Å²) in [5.41, 5.74) is 7.37. The van der Waals surface area contributed by atoms with Gasteiger partial charge >= 0.3 is 0 Å². The van der Waals surface area contributed by atoms with Gasteiger partial charge in [-0.1, -0.05) is 19.1 Å². The van der Waals surface area contributed by atoms with E-state index in [-0.39, 0.29) is 24.0 Å². The quantitative estimate of drug-likeness (QED) is 0.694. The van der Waals surface area contributed by atoms with Crippen molar-refractivity contribution in [2.24, 2.45) is 0 Å². The average molecular weight is 358 g/mol. The van der Waals surface area contributed by atoms with E-state index in [2.05, 4.69) is 33.3 Å². The van der Waals surface area contributed by atoms with Crippen LogP contribution in [0, 0.1) is 0 Å². The predicted molar refractivity (Wildman–Crippen MR) is 97.3 cm³/mol. The lowest BCUT2D eigenvalue weighted by molar-refractivity contribution is -0.123. The normalized spacial score (nSPS) is 20.7. The Hall–Kier alpha value is -2.45. The summed E-state index contributed by atoms with van der Waals surface area (Å²) < 4.78 is 7.25. The van der Waals surface area contributed by atoms with E-state index in [1.165, 1.54) is 0 Å². The minimum Gasteiger partial charge on any atom is -0.497 e. The predicted octanol–water partition coefficient (Wildman–Crippen LogP) is 1.48. The standard InChI is InChI=1S/C18H26N6O2/c1-4-8-24-11-19-23-17(24)12(2)20-18(25)16-10-15(21-22-16)13-6-5-7-14(9-13)26-3/h5-7,9,11-12,15-16,21-22H,4,8,10H2,1-3H3,(H,20,25). The molecular formula is C18H26N6O2. The fourth-order valence-corrected chi connectivity index (χ4v) is 3.20. The number of rotatable bonds is 7. The summed E-state index contributed by atoms with van der Waals surface area (Å²) in [6.45, 7) is 4.86. The summed E-state index contributed by atoms with van der Waals surface area (Å²) in [4.78, 5) is 12.6. The van der Waals surface area contributed by atoms with Gasteiger partial charge in [-0.15, -0.1) is 10.2 Å². The van der Waals surface area contributed by atoms with E-state index in [0.29, 0.717) is 6.42 Å². The average Bonchev–Trinajstić information content (AvgIpc) is 3.31. The maximum Gasteiger partial charge on any atom is 0.239 e. The number of hydrogen-bond acceptors (Lipinski definition) is 6. The Bertz CT molecular complexity index is 747. The highest BCUT2D eigenvalue weighted by atomic mass is 16.5. The summed E-state index contributed by atoms with van der Waals surface area (Å²) in [7, 11) is 1.65. The largest absolute Gasteiger partial charge is 0.497 e. The van der Waals surface area contributed by atoms with Gasteiger partial charge in [0.05, 0.1) is 13.2 Å². The molecule has 1 aliphatic rings. The summed E-state index contributed by atoms with van der Waals surface area (Å²) in [6, 6.07) is 7.41. The number of hydrazine groups is 1. The van der Waals surface area contributed by atoms with Crippen LogP contribution >= 0.6 is 0 Å². The Morgan fingerprint density at radius 2 is 2.31 bits per heavy atom. The Kier molecular flexibility index (Phi) is 5.85. The minimum atomic E-state index is -0.309. The lowest BCUT2D eigenvalue weighted by Crippen LogP contribution is -2.44. The Morgan fingerprint density at radius 1 is 1.46 bits per heavy atom. The van der Waals surface area contributed by atoms with Gasteiger partial charge < -0.3 is 14.6 Å². The second-order valence-electron chi connectivity index (χ2n) is 6.52. The third-order valence-electron chi connectivity index (χ3n) is 4.57. The van der Waals surface area contributed by atoms with Crippen molar-refractivity contribution in [3.05, 3.63) is 42.0 Å². The molecule has 2 heterocycles. The van der Waals surface area contributed by atoms with E-state index in [0.717, 1.165) is 30.1 Å². The number of hydrogen-bond donors (Lipinski definition) is 3. The van der Waals surface area contributed by atoms with Gasteiger partial charge in [-0.3, -0.25) is 4.79 Å². The second-order valence-corrected chi connectivity index (χ2v) is 6.52. The summed E-state index contributed by atoms with van der Waals surface area (Å²) in [5, 5.41) is 11.1. The first kappa shape index (κ1) is 18.3. The van der Waals surface area contributed by atoms with E-state index in [4.69, 9.17) is 4.74 Å². The lowest BCUT2D eigenvalue weighted by Gasteiger charge is -2.17. The Morgan fingerprint density at radius 3 is 3.08 bits per heavy atom. The first-order valence-electron chi connectivity index (χ1n) is 8.95. The van der Waals surface area contributed by atoms with Gasteiger partial charge in [0.2, 0.25) is 5.91 Å². The molecule has 0 radical (unpaired) electrons.